The fraction of sp³-hybridized carbons (Fsp3) is 0.467. The number of amides is 1. The zero-order valence-corrected chi connectivity index (χ0v) is 13.4. The van der Waals surface area contributed by atoms with E-state index in [0.717, 1.165) is 11.8 Å². The number of rotatable bonds is 5. The van der Waals surface area contributed by atoms with Gasteiger partial charge in [0.15, 0.2) is 5.92 Å². The number of alkyl halides is 3. The lowest BCUT2D eigenvalue weighted by Gasteiger charge is -2.28. The van der Waals surface area contributed by atoms with Crippen molar-refractivity contribution in [2.45, 2.75) is 19.3 Å². The lowest BCUT2D eigenvalue weighted by atomic mass is 10.0. The number of ether oxygens (including phenoxy) is 1. The van der Waals surface area contributed by atoms with Crippen molar-refractivity contribution in [3.63, 3.8) is 0 Å². The molecule has 1 amide bonds. The van der Waals surface area contributed by atoms with E-state index in [-0.39, 0.29) is 18.8 Å². The highest BCUT2D eigenvalue weighted by Crippen LogP contribution is 2.39. The lowest BCUT2D eigenvalue weighted by molar-refractivity contribution is -0.177. The Morgan fingerprint density at radius 2 is 2.16 bits per heavy atom. The zero-order valence-electron chi connectivity index (χ0n) is 13.4. The average Bonchev–Trinajstić information content (AvgIpc) is 2.97. The Morgan fingerprint density at radius 3 is 2.88 bits per heavy atom. The van der Waals surface area contributed by atoms with E-state index in [1.165, 1.54) is 4.90 Å². The third-order valence-corrected chi connectivity index (χ3v) is 3.93. The molecule has 0 aromatic carbocycles. The number of nitrogens with zero attached hydrogens (tertiary/aromatic N) is 4. The fourth-order valence-electron chi connectivity index (χ4n) is 2.73. The van der Waals surface area contributed by atoms with Crippen LogP contribution in [-0.4, -0.2) is 42.2 Å². The third kappa shape index (κ3) is 3.63. The van der Waals surface area contributed by atoms with E-state index in [9.17, 15) is 18.0 Å². The van der Waals surface area contributed by atoms with Crippen LogP contribution in [0.2, 0.25) is 0 Å². The molecule has 134 valence electrons. The molecule has 3 heterocycles. The summed E-state index contributed by atoms with van der Waals surface area (Å²) in [6, 6.07) is 3.45. The number of azo groups is 1. The fourth-order valence-corrected chi connectivity index (χ4v) is 2.73. The first-order valence-corrected chi connectivity index (χ1v) is 7.62. The van der Waals surface area contributed by atoms with Crippen LogP contribution in [0.5, 0.6) is 5.88 Å². The number of halogens is 3. The molecule has 0 aliphatic carbocycles. The zero-order chi connectivity index (χ0) is 18.0. The van der Waals surface area contributed by atoms with Gasteiger partial charge in [-0.15, -0.1) is 5.11 Å². The van der Waals surface area contributed by atoms with Crippen LogP contribution >= 0.6 is 0 Å². The smallest absolute Gasteiger partial charge is 0.406 e. The second-order valence-corrected chi connectivity index (χ2v) is 5.65. The van der Waals surface area contributed by atoms with Crippen molar-refractivity contribution in [3.05, 3.63) is 35.3 Å². The monoisotopic (exact) mass is 355 g/mol. The van der Waals surface area contributed by atoms with E-state index in [0.29, 0.717) is 24.7 Å². The van der Waals surface area contributed by atoms with Gasteiger partial charge in [-0.1, -0.05) is 0 Å². The molecule has 0 bridgehead atoms. The van der Waals surface area contributed by atoms with Crippen LogP contribution in [0, 0.1) is 5.92 Å². The van der Waals surface area contributed by atoms with Crippen LogP contribution in [0.4, 0.5) is 13.2 Å². The van der Waals surface area contributed by atoms with Gasteiger partial charge in [-0.2, -0.15) is 18.3 Å². The van der Waals surface area contributed by atoms with Crippen molar-refractivity contribution in [1.29, 1.82) is 0 Å². The van der Waals surface area contributed by atoms with Crippen LogP contribution in [0.1, 0.15) is 11.3 Å². The molecule has 0 fully saturated rings. The SMILES string of the molecule is CNCCOc1ccc2c(n1)CN(C1=CN=NC(=O)C1C(F)(F)F)C2. The number of pyridine rings is 1. The van der Waals surface area contributed by atoms with Crippen molar-refractivity contribution < 1.29 is 22.7 Å². The molecule has 0 saturated heterocycles. The Hall–Kier alpha value is -2.49. The van der Waals surface area contributed by atoms with E-state index in [1.54, 1.807) is 19.2 Å². The molecule has 1 aromatic heterocycles. The molecule has 1 N–H and O–H groups in total. The topological polar surface area (TPSA) is 79.2 Å². The number of nitrogens with one attached hydrogen (secondary N) is 1. The quantitative estimate of drug-likeness (QED) is 0.818. The van der Waals surface area contributed by atoms with Gasteiger partial charge in [0.05, 0.1) is 24.1 Å². The first-order chi connectivity index (χ1) is 11.9. The largest absolute Gasteiger partial charge is 0.476 e. The number of hydrogen-bond donors (Lipinski definition) is 1. The lowest BCUT2D eigenvalue weighted by Crippen LogP contribution is -2.38. The van der Waals surface area contributed by atoms with Crippen molar-refractivity contribution >= 4 is 5.91 Å². The maximum atomic E-state index is 13.2. The highest BCUT2D eigenvalue weighted by Gasteiger charge is 2.50. The molecule has 0 spiro atoms. The molecule has 0 radical (unpaired) electrons. The first-order valence-electron chi connectivity index (χ1n) is 7.62. The highest BCUT2D eigenvalue weighted by molar-refractivity contribution is 5.83. The van der Waals surface area contributed by atoms with Crippen LogP contribution in [-0.2, 0) is 17.9 Å². The Morgan fingerprint density at radius 1 is 1.36 bits per heavy atom. The molecular weight excluding hydrogens is 339 g/mol. The molecule has 2 aliphatic heterocycles. The maximum Gasteiger partial charge on any atom is 0.406 e. The molecule has 2 aliphatic rings. The summed E-state index contributed by atoms with van der Waals surface area (Å²) in [5.74, 6) is -3.17. The van der Waals surface area contributed by atoms with Gasteiger partial charge < -0.3 is 15.0 Å². The molecule has 0 saturated carbocycles. The summed E-state index contributed by atoms with van der Waals surface area (Å²) in [4.78, 5) is 17.4. The summed E-state index contributed by atoms with van der Waals surface area (Å²) in [6.07, 6.45) is -3.72. The Balaban J connectivity index is 1.78. The highest BCUT2D eigenvalue weighted by atomic mass is 19.4. The molecular formula is C15H16F3N5O2. The third-order valence-electron chi connectivity index (χ3n) is 3.93. The molecule has 1 atom stereocenters. The van der Waals surface area contributed by atoms with Gasteiger partial charge in [0.1, 0.15) is 6.61 Å². The summed E-state index contributed by atoms with van der Waals surface area (Å²) < 4.78 is 45.2. The van der Waals surface area contributed by atoms with Crippen LogP contribution < -0.4 is 10.1 Å². The van der Waals surface area contributed by atoms with Gasteiger partial charge >= 0.3 is 6.18 Å². The molecule has 25 heavy (non-hydrogen) atoms. The van der Waals surface area contributed by atoms with E-state index < -0.39 is 18.0 Å². The summed E-state index contributed by atoms with van der Waals surface area (Å²) >= 11 is 0. The molecule has 3 rings (SSSR count). The minimum atomic E-state index is -4.72. The van der Waals surface area contributed by atoms with Crippen molar-refractivity contribution in [2.24, 2.45) is 16.1 Å². The molecule has 1 aromatic rings. The second-order valence-electron chi connectivity index (χ2n) is 5.65. The maximum absolute atomic E-state index is 13.2. The van der Waals surface area contributed by atoms with E-state index in [1.807, 2.05) is 0 Å². The summed E-state index contributed by atoms with van der Waals surface area (Å²) in [6.45, 7) is 1.46. The summed E-state index contributed by atoms with van der Waals surface area (Å²) in [5.41, 5.74) is 1.21. The number of carbonyl (C=O) groups is 1. The Bertz CT molecular complexity index is 732. The van der Waals surface area contributed by atoms with Gasteiger partial charge in [0.25, 0.3) is 5.91 Å². The van der Waals surface area contributed by atoms with Crippen molar-refractivity contribution in [2.75, 3.05) is 20.2 Å². The average molecular weight is 355 g/mol. The van der Waals surface area contributed by atoms with E-state index in [4.69, 9.17) is 4.74 Å². The van der Waals surface area contributed by atoms with Crippen LogP contribution in [0.25, 0.3) is 0 Å². The Kier molecular flexibility index (Phi) is 4.71. The number of carbonyl (C=O) groups excluding carboxylic acids is 1. The Labute approximate surface area is 141 Å². The predicted octanol–water partition coefficient (Wildman–Crippen LogP) is 2.01. The minimum absolute atomic E-state index is 0.153. The van der Waals surface area contributed by atoms with Gasteiger partial charge in [-0.25, -0.2) is 4.98 Å². The van der Waals surface area contributed by atoms with Gasteiger partial charge in [0.2, 0.25) is 5.88 Å². The summed E-state index contributed by atoms with van der Waals surface area (Å²) in [5, 5.41) is 9.36. The minimum Gasteiger partial charge on any atom is -0.476 e. The second kappa shape index (κ2) is 6.79. The predicted molar refractivity (Wildman–Crippen MR) is 80.4 cm³/mol. The van der Waals surface area contributed by atoms with Crippen LogP contribution in [0.3, 0.4) is 0 Å². The van der Waals surface area contributed by atoms with E-state index >= 15 is 0 Å². The standard InChI is InChI=1S/C15H16F3N5O2/c1-19-4-5-25-12-3-2-9-7-23(8-10(9)21-12)11-6-20-22-14(24)13(11)15(16,17)18/h2-3,6,13,19H,4-5,7-8H2,1H3. The molecule has 10 heteroatoms. The van der Waals surface area contributed by atoms with Gasteiger partial charge in [0, 0.05) is 19.2 Å². The first kappa shape index (κ1) is 17.3. The number of fused-ring (bicyclic) bond motifs is 1. The summed E-state index contributed by atoms with van der Waals surface area (Å²) in [7, 11) is 1.80. The molecule has 1 unspecified atom stereocenters. The normalized spacial score (nSPS) is 19.8. The number of hydrogen-bond acceptors (Lipinski definition) is 6. The number of likely N-dealkylation sites (N-methyl/N-ethyl adjacent to an activating group) is 1. The van der Waals surface area contributed by atoms with Crippen molar-refractivity contribution in [1.82, 2.24) is 15.2 Å². The van der Waals surface area contributed by atoms with E-state index in [2.05, 4.69) is 20.5 Å². The molecule has 7 nitrogen and oxygen atoms in total. The van der Waals surface area contributed by atoms with Crippen LogP contribution in [0.15, 0.2) is 34.3 Å². The van der Waals surface area contributed by atoms with Crippen molar-refractivity contribution in [3.8, 4) is 5.88 Å². The van der Waals surface area contributed by atoms with Gasteiger partial charge in [-0.05, 0) is 18.7 Å². The number of aromatic nitrogens is 1. The van der Waals surface area contributed by atoms with Gasteiger partial charge in [-0.3, -0.25) is 4.79 Å².